The number of para-hydroxylation sites is 4. The lowest BCUT2D eigenvalue weighted by Crippen LogP contribution is -2.01. The predicted molar refractivity (Wildman–Crippen MR) is 231 cm³/mol. The van der Waals surface area contributed by atoms with Crippen molar-refractivity contribution in [3.8, 4) is 62.0 Å². The van der Waals surface area contributed by atoms with E-state index in [1.165, 1.54) is 27.1 Å². The zero-order valence-corrected chi connectivity index (χ0v) is 30.3. The summed E-state index contributed by atoms with van der Waals surface area (Å²) in [6.45, 7) is 0. The Morgan fingerprint density at radius 2 is 0.893 bits per heavy atom. The van der Waals surface area contributed by atoms with Crippen molar-refractivity contribution in [2.45, 2.75) is 0 Å². The first kappa shape index (κ1) is 31.9. The van der Waals surface area contributed by atoms with Gasteiger partial charge in [-0.05, 0) is 64.4 Å². The molecule has 4 heteroatoms. The number of fused-ring (bicyclic) bond motifs is 5. The summed E-state index contributed by atoms with van der Waals surface area (Å²) in [6.07, 6.45) is 0. The summed E-state index contributed by atoms with van der Waals surface area (Å²) in [4.78, 5) is 10.7. The molecule has 0 amide bonds. The topological polar surface area (TPSA) is 43.9 Å². The van der Waals surface area contributed by atoms with Crippen LogP contribution < -0.4 is 0 Å². The van der Waals surface area contributed by atoms with Crippen LogP contribution in [0.3, 0.4) is 0 Å². The van der Waals surface area contributed by atoms with Gasteiger partial charge in [0.15, 0.2) is 5.82 Å². The van der Waals surface area contributed by atoms with E-state index in [-0.39, 0.29) is 0 Å². The summed E-state index contributed by atoms with van der Waals surface area (Å²) < 4.78 is 8.54. The van der Waals surface area contributed by atoms with Crippen LogP contribution >= 0.6 is 0 Å². The maximum absolute atomic E-state index is 6.20. The fraction of sp³-hybridized carbons (Fsp3) is 0. The third-order valence-electron chi connectivity index (χ3n) is 10.9. The molecule has 56 heavy (non-hydrogen) atoms. The van der Waals surface area contributed by atoms with E-state index in [2.05, 4.69) is 187 Å². The molecule has 0 radical (unpaired) electrons. The van der Waals surface area contributed by atoms with Crippen LogP contribution in [0.25, 0.3) is 106 Å². The standard InChI is InChI=1S/C52H33N3O/c1-3-15-40-34(12-1)14-11-19-41(40)35-24-26-36(27-25-35)45-33-46(37-28-30-38(31-29-37)51-32-39-13-2-10-23-50(39)56-51)54-52(53-45)44-18-6-9-22-49(44)55-47-20-7-4-16-42(47)43-17-5-8-21-48(43)55/h1-33H. The van der Waals surface area contributed by atoms with Crippen LogP contribution in [-0.2, 0) is 0 Å². The lowest BCUT2D eigenvalue weighted by molar-refractivity contribution is 0.631. The fourth-order valence-corrected chi connectivity index (χ4v) is 8.13. The Balaban J connectivity index is 1.07. The molecule has 0 N–H and O–H groups in total. The normalized spacial score (nSPS) is 11.6. The molecule has 3 aromatic heterocycles. The number of rotatable bonds is 6. The van der Waals surface area contributed by atoms with Gasteiger partial charge in [-0.3, -0.25) is 0 Å². The molecule has 262 valence electrons. The molecule has 0 spiro atoms. The van der Waals surface area contributed by atoms with E-state index in [9.17, 15) is 0 Å². The molecule has 0 aliphatic rings. The Labute approximate surface area is 323 Å². The Morgan fingerprint density at radius 3 is 1.59 bits per heavy atom. The second-order valence-electron chi connectivity index (χ2n) is 14.2. The van der Waals surface area contributed by atoms with Gasteiger partial charge in [-0.15, -0.1) is 0 Å². The molecule has 8 aromatic carbocycles. The second kappa shape index (κ2) is 13.1. The van der Waals surface area contributed by atoms with Crippen LogP contribution in [-0.4, -0.2) is 14.5 Å². The van der Waals surface area contributed by atoms with E-state index in [1.54, 1.807) is 0 Å². The van der Waals surface area contributed by atoms with Crippen LogP contribution in [0.15, 0.2) is 205 Å². The van der Waals surface area contributed by atoms with Crippen molar-refractivity contribution < 1.29 is 4.42 Å². The highest BCUT2D eigenvalue weighted by molar-refractivity contribution is 6.09. The number of hydrogen-bond acceptors (Lipinski definition) is 3. The predicted octanol–water partition coefficient (Wildman–Crippen LogP) is 13.8. The molecule has 11 aromatic rings. The zero-order chi connectivity index (χ0) is 37.0. The zero-order valence-electron chi connectivity index (χ0n) is 30.3. The molecule has 0 atom stereocenters. The van der Waals surface area contributed by atoms with Crippen LogP contribution in [0.4, 0.5) is 0 Å². The monoisotopic (exact) mass is 715 g/mol. The SMILES string of the molecule is c1ccc(-n2c3ccccc3c3ccccc32)c(-c2nc(-c3ccc(-c4cc5ccccc5o4)cc3)cc(-c3ccc(-c4cccc5ccccc45)cc3)n2)c1. The fourth-order valence-electron chi connectivity index (χ4n) is 8.13. The summed E-state index contributed by atoms with van der Waals surface area (Å²) in [5.74, 6) is 1.50. The molecule has 0 unspecified atom stereocenters. The summed E-state index contributed by atoms with van der Waals surface area (Å²) >= 11 is 0. The Kier molecular flexibility index (Phi) is 7.46. The molecule has 0 aliphatic heterocycles. The van der Waals surface area contributed by atoms with E-state index >= 15 is 0 Å². The first-order valence-corrected chi connectivity index (χ1v) is 18.9. The summed E-state index contributed by atoms with van der Waals surface area (Å²) in [5, 5.41) is 5.98. The number of aromatic nitrogens is 3. The van der Waals surface area contributed by atoms with Crippen LogP contribution in [0.5, 0.6) is 0 Å². The molecule has 11 rings (SSSR count). The van der Waals surface area contributed by atoms with Crippen molar-refractivity contribution in [1.29, 1.82) is 0 Å². The van der Waals surface area contributed by atoms with E-state index < -0.39 is 0 Å². The smallest absolute Gasteiger partial charge is 0.162 e. The van der Waals surface area contributed by atoms with Crippen molar-refractivity contribution in [3.63, 3.8) is 0 Å². The minimum atomic E-state index is 0.662. The first-order valence-electron chi connectivity index (χ1n) is 18.9. The van der Waals surface area contributed by atoms with Gasteiger partial charge in [0.2, 0.25) is 0 Å². The van der Waals surface area contributed by atoms with Crippen molar-refractivity contribution in [3.05, 3.63) is 200 Å². The van der Waals surface area contributed by atoms with Gasteiger partial charge in [-0.2, -0.15) is 0 Å². The number of nitrogens with zero attached hydrogens (tertiary/aromatic N) is 3. The molecular formula is C52H33N3O. The average molecular weight is 716 g/mol. The lowest BCUT2D eigenvalue weighted by Gasteiger charge is -2.15. The number of hydrogen-bond donors (Lipinski definition) is 0. The van der Waals surface area contributed by atoms with Gasteiger partial charge in [0.05, 0.1) is 28.1 Å². The lowest BCUT2D eigenvalue weighted by atomic mass is 9.97. The van der Waals surface area contributed by atoms with Crippen LogP contribution in [0.1, 0.15) is 0 Å². The van der Waals surface area contributed by atoms with Gasteiger partial charge in [0.1, 0.15) is 11.3 Å². The van der Waals surface area contributed by atoms with Crippen LogP contribution in [0, 0.1) is 0 Å². The van der Waals surface area contributed by atoms with Crippen molar-refractivity contribution in [2.75, 3.05) is 0 Å². The van der Waals surface area contributed by atoms with Gasteiger partial charge in [0, 0.05) is 38.4 Å². The molecule has 0 saturated heterocycles. The maximum atomic E-state index is 6.20. The number of benzene rings is 8. The van der Waals surface area contributed by atoms with Crippen molar-refractivity contribution in [1.82, 2.24) is 14.5 Å². The Hall–Kier alpha value is -7.56. The highest BCUT2D eigenvalue weighted by Crippen LogP contribution is 2.38. The van der Waals surface area contributed by atoms with Gasteiger partial charge >= 0.3 is 0 Å². The van der Waals surface area contributed by atoms with Gasteiger partial charge in [-0.1, -0.05) is 158 Å². The molecule has 3 heterocycles. The third kappa shape index (κ3) is 5.39. The van der Waals surface area contributed by atoms with Crippen LogP contribution in [0.2, 0.25) is 0 Å². The minimum Gasteiger partial charge on any atom is -0.456 e. The number of furan rings is 1. The summed E-state index contributed by atoms with van der Waals surface area (Å²) in [5.41, 5.74) is 12.2. The molecule has 0 aliphatic carbocycles. The van der Waals surface area contributed by atoms with Gasteiger partial charge in [-0.25, -0.2) is 9.97 Å². The third-order valence-corrected chi connectivity index (χ3v) is 10.9. The molecule has 0 bridgehead atoms. The maximum Gasteiger partial charge on any atom is 0.162 e. The quantitative estimate of drug-likeness (QED) is 0.172. The Bertz CT molecular complexity index is 3150. The second-order valence-corrected chi connectivity index (χ2v) is 14.2. The first-order chi connectivity index (χ1) is 27.7. The van der Waals surface area contributed by atoms with Gasteiger partial charge in [0.25, 0.3) is 0 Å². The van der Waals surface area contributed by atoms with Crippen molar-refractivity contribution >= 4 is 43.5 Å². The summed E-state index contributed by atoms with van der Waals surface area (Å²) in [6, 6.07) is 70.2. The van der Waals surface area contributed by atoms with Gasteiger partial charge < -0.3 is 8.98 Å². The molecular weight excluding hydrogens is 683 g/mol. The molecule has 4 nitrogen and oxygen atoms in total. The van der Waals surface area contributed by atoms with Crippen molar-refractivity contribution in [2.24, 2.45) is 0 Å². The largest absolute Gasteiger partial charge is 0.456 e. The Morgan fingerprint density at radius 1 is 0.375 bits per heavy atom. The van der Waals surface area contributed by atoms with E-state index in [0.717, 1.165) is 72.7 Å². The molecule has 0 saturated carbocycles. The van der Waals surface area contributed by atoms with E-state index in [4.69, 9.17) is 14.4 Å². The minimum absolute atomic E-state index is 0.662. The highest BCUT2D eigenvalue weighted by atomic mass is 16.3. The average Bonchev–Trinajstić information content (AvgIpc) is 3.86. The van der Waals surface area contributed by atoms with E-state index in [1.807, 2.05) is 18.2 Å². The summed E-state index contributed by atoms with van der Waals surface area (Å²) in [7, 11) is 0. The molecule has 0 fully saturated rings. The highest BCUT2D eigenvalue weighted by Gasteiger charge is 2.19. The van der Waals surface area contributed by atoms with E-state index in [0.29, 0.717) is 5.82 Å².